The van der Waals surface area contributed by atoms with E-state index in [1.165, 1.54) is 6.20 Å². The van der Waals surface area contributed by atoms with Gasteiger partial charge in [-0.25, -0.2) is 14.8 Å². The van der Waals surface area contributed by atoms with E-state index in [1.807, 2.05) is 17.8 Å². The number of aryl methyl sites for hydroxylation is 1. The zero-order valence-electron chi connectivity index (χ0n) is 16.4. The Morgan fingerprint density at radius 1 is 1.10 bits per heavy atom. The molecular formula is C21H21ClN4O3S. The summed E-state index contributed by atoms with van der Waals surface area (Å²) in [6.07, 6.45) is 6.75. The van der Waals surface area contributed by atoms with E-state index in [9.17, 15) is 4.79 Å². The molecule has 1 aliphatic rings. The minimum atomic E-state index is -0.330. The molecule has 0 aliphatic carbocycles. The van der Waals surface area contributed by atoms with Crippen LogP contribution in [0.15, 0.2) is 60.1 Å². The number of hydrogen-bond donors (Lipinski definition) is 0. The third kappa shape index (κ3) is 5.25. The van der Waals surface area contributed by atoms with Crippen LogP contribution in [-0.2, 0) is 7.05 Å². The Morgan fingerprint density at radius 2 is 1.83 bits per heavy atom. The van der Waals surface area contributed by atoms with Crippen molar-refractivity contribution in [2.75, 3.05) is 13.1 Å². The first-order valence-electron chi connectivity index (χ1n) is 9.57. The van der Waals surface area contributed by atoms with Crippen molar-refractivity contribution < 1.29 is 14.3 Å². The SMILES string of the molecule is Cn1ccnc1SC1CCN(C(=O)Oc2ccc(Oc3ccc(Cl)cn3)cc2)CC1. The molecule has 0 radical (unpaired) electrons. The lowest BCUT2D eigenvalue weighted by Gasteiger charge is -2.30. The molecular weight excluding hydrogens is 424 g/mol. The zero-order chi connectivity index (χ0) is 20.9. The number of carbonyl (C=O) groups is 1. The molecule has 1 saturated heterocycles. The largest absolute Gasteiger partial charge is 0.439 e. The van der Waals surface area contributed by atoms with Gasteiger partial charge in [0.2, 0.25) is 5.88 Å². The highest BCUT2D eigenvalue weighted by atomic mass is 35.5. The fraction of sp³-hybridized carbons (Fsp3) is 0.286. The Kier molecular flexibility index (Phi) is 6.44. The molecule has 0 N–H and O–H groups in total. The Morgan fingerprint density at radius 3 is 2.47 bits per heavy atom. The number of thioether (sulfide) groups is 1. The Labute approximate surface area is 184 Å². The lowest BCUT2D eigenvalue weighted by molar-refractivity contribution is 0.143. The van der Waals surface area contributed by atoms with Crippen molar-refractivity contribution in [3.05, 3.63) is 60.0 Å². The molecule has 1 amide bonds. The number of nitrogens with zero attached hydrogens (tertiary/aromatic N) is 4. The molecule has 7 nitrogen and oxygen atoms in total. The smallest absolute Gasteiger partial charge is 0.415 e. The average Bonchev–Trinajstić information content (AvgIpc) is 3.16. The molecule has 0 bridgehead atoms. The van der Waals surface area contributed by atoms with E-state index in [4.69, 9.17) is 21.1 Å². The number of hydrogen-bond acceptors (Lipinski definition) is 6. The van der Waals surface area contributed by atoms with Crippen molar-refractivity contribution in [1.29, 1.82) is 0 Å². The first-order chi connectivity index (χ1) is 14.6. The molecule has 1 fully saturated rings. The molecule has 0 spiro atoms. The Balaban J connectivity index is 1.26. The van der Waals surface area contributed by atoms with Crippen LogP contribution in [0.1, 0.15) is 12.8 Å². The summed E-state index contributed by atoms with van der Waals surface area (Å²) in [6.45, 7) is 1.34. The van der Waals surface area contributed by atoms with Crippen molar-refractivity contribution in [3.63, 3.8) is 0 Å². The predicted octanol–water partition coefficient (Wildman–Crippen LogP) is 5.02. The molecule has 0 saturated carbocycles. The van der Waals surface area contributed by atoms with E-state index in [0.29, 0.717) is 40.7 Å². The summed E-state index contributed by atoms with van der Waals surface area (Å²) < 4.78 is 13.2. The minimum absolute atomic E-state index is 0.330. The number of benzene rings is 1. The number of aromatic nitrogens is 3. The van der Waals surface area contributed by atoms with Crippen LogP contribution in [0.5, 0.6) is 17.4 Å². The molecule has 3 aromatic rings. The second-order valence-electron chi connectivity index (χ2n) is 6.88. The van der Waals surface area contributed by atoms with Gasteiger partial charge in [-0.2, -0.15) is 0 Å². The van der Waals surface area contributed by atoms with E-state index in [0.717, 1.165) is 18.0 Å². The summed E-state index contributed by atoms with van der Waals surface area (Å²) in [5.41, 5.74) is 0. The van der Waals surface area contributed by atoms with Gasteiger partial charge < -0.3 is 18.9 Å². The van der Waals surface area contributed by atoms with E-state index in [1.54, 1.807) is 59.3 Å². The highest BCUT2D eigenvalue weighted by Gasteiger charge is 2.25. The van der Waals surface area contributed by atoms with Crippen LogP contribution in [-0.4, -0.2) is 43.9 Å². The second-order valence-corrected chi connectivity index (χ2v) is 8.59. The van der Waals surface area contributed by atoms with Crippen LogP contribution in [0, 0.1) is 0 Å². The third-order valence-electron chi connectivity index (χ3n) is 4.70. The van der Waals surface area contributed by atoms with E-state index in [2.05, 4.69) is 9.97 Å². The topological polar surface area (TPSA) is 69.5 Å². The van der Waals surface area contributed by atoms with E-state index < -0.39 is 0 Å². The molecule has 1 aliphatic heterocycles. The molecule has 4 rings (SSSR count). The maximum atomic E-state index is 12.5. The standard InChI is InChI=1S/C21H21ClN4O3S/c1-25-13-10-23-20(25)30-18-8-11-26(12-9-18)21(27)29-17-5-3-16(4-6-17)28-19-7-2-15(22)14-24-19/h2-7,10,13-14,18H,8-9,11-12H2,1H3. The maximum absolute atomic E-state index is 12.5. The molecule has 156 valence electrons. The van der Waals surface area contributed by atoms with Crippen molar-refractivity contribution in [2.24, 2.45) is 7.05 Å². The summed E-state index contributed by atoms with van der Waals surface area (Å²) in [6, 6.07) is 10.3. The van der Waals surface area contributed by atoms with Gasteiger partial charge >= 0.3 is 6.09 Å². The quantitative estimate of drug-likeness (QED) is 0.550. The van der Waals surface area contributed by atoms with Crippen molar-refractivity contribution in [3.8, 4) is 17.4 Å². The van der Waals surface area contributed by atoms with Crippen LogP contribution >= 0.6 is 23.4 Å². The Bertz CT molecular complexity index is 986. The highest BCUT2D eigenvalue weighted by molar-refractivity contribution is 7.99. The fourth-order valence-electron chi connectivity index (χ4n) is 3.06. The zero-order valence-corrected chi connectivity index (χ0v) is 18.0. The van der Waals surface area contributed by atoms with Crippen LogP contribution in [0.2, 0.25) is 5.02 Å². The van der Waals surface area contributed by atoms with Gasteiger partial charge in [-0.3, -0.25) is 0 Å². The summed E-state index contributed by atoms with van der Waals surface area (Å²) in [5, 5.41) is 2.00. The number of rotatable bonds is 5. The number of likely N-dealkylation sites (tertiary alicyclic amines) is 1. The van der Waals surface area contributed by atoms with Gasteiger partial charge in [-0.1, -0.05) is 23.4 Å². The van der Waals surface area contributed by atoms with Crippen molar-refractivity contribution in [1.82, 2.24) is 19.4 Å². The molecule has 3 heterocycles. The van der Waals surface area contributed by atoms with Gasteiger partial charge in [0.05, 0.1) is 5.02 Å². The summed E-state index contributed by atoms with van der Waals surface area (Å²) in [7, 11) is 1.99. The number of piperidine rings is 1. The molecule has 30 heavy (non-hydrogen) atoms. The number of imidazole rings is 1. The molecule has 0 atom stereocenters. The third-order valence-corrected chi connectivity index (χ3v) is 6.33. The second kappa shape index (κ2) is 9.40. The first kappa shape index (κ1) is 20.6. The molecule has 2 aromatic heterocycles. The minimum Gasteiger partial charge on any atom is -0.439 e. The highest BCUT2D eigenvalue weighted by Crippen LogP contribution is 2.29. The molecule has 0 unspecified atom stereocenters. The van der Waals surface area contributed by atoms with E-state index >= 15 is 0 Å². The number of carbonyl (C=O) groups excluding carboxylic acids is 1. The normalized spacial score (nSPS) is 14.5. The van der Waals surface area contributed by atoms with Crippen LogP contribution < -0.4 is 9.47 Å². The van der Waals surface area contributed by atoms with Gasteiger partial charge in [0, 0.05) is 50.0 Å². The summed E-state index contributed by atoms with van der Waals surface area (Å²) >= 11 is 7.58. The molecule has 9 heteroatoms. The van der Waals surface area contributed by atoms with Gasteiger partial charge in [-0.05, 0) is 43.2 Å². The maximum Gasteiger partial charge on any atom is 0.415 e. The van der Waals surface area contributed by atoms with Crippen molar-refractivity contribution >= 4 is 29.5 Å². The summed E-state index contributed by atoms with van der Waals surface area (Å²) in [4.78, 5) is 22.7. The number of amides is 1. The van der Waals surface area contributed by atoms with Gasteiger partial charge in [0.1, 0.15) is 11.5 Å². The first-order valence-corrected chi connectivity index (χ1v) is 10.8. The van der Waals surface area contributed by atoms with Crippen LogP contribution in [0.4, 0.5) is 4.79 Å². The number of halogens is 1. The monoisotopic (exact) mass is 444 g/mol. The average molecular weight is 445 g/mol. The van der Waals surface area contributed by atoms with Crippen molar-refractivity contribution in [2.45, 2.75) is 23.2 Å². The van der Waals surface area contributed by atoms with Crippen LogP contribution in [0.25, 0.3) is 0 Å². The lowest BCUT2D eigenvalue weighted by Crippen LogP contribution is -2.40. The van der Waals surface area contributed by atoms with Crippen LogP contribution in [0.3, 0.4) is 0 Å². The predicted molar refractivity (Wildman–Crippen MR) is 115 cm³/mol. The number of ether oxygens (including phenoxy) is 2. The van der Waals surface area contributed by atoms with E-state index in [-0.39, 0.29) is 6.09 Å². The Hall–Kier alpha value is -2.71. The van der Waals surface area contributed by atoms with Gasteiger partial charge in [-0.15, -0.1) is 0 Å². The summed E-state index contributed by atoms with van der Waals surface area (Å²) in [5.74, 6) is 1.51. The number of pyridine rings is 1. The fourth-order valence-corrected chi connectivity index (χ4v) is 4.26. The van der Waals surface area contributed by atoms with Gasteiger partial charge in [0.25, 0.3) is 0 Å². The lowest BCUT2D eigenvalue weighted by atomic mass is 10.1. The van der Waals surface area contributed by atoms with Gasteiger partial charge in [0.15, 0.2) is 5.16 Å². The molecule has 1 aromatic carbocycles.